The van der Waals surface area contributed by atoms with E-state index >= 15 is 0 Å². The first kappa shape index (κ1) is 48.7. The maximum atomic E-state index is 13.0. The van der Waals surface area contributed by atoms with Crippen molar-refractivity contribution in [2.45, 2.75) is 28.4 Å². The van der Waals surface area contributed by atoms with Crippen LogP contribution in [-0.4, -0.2) is 127 Å². The number of aromatic nitrogens is 6. The molecule has 0 saturated heterocycles. The van der Waals surface area contributed by atoms with Crippen molar-refractivity contribution in [1.29, 1.82) is 0 Å². The highest BCUT2D eigenvalue weighted by atomic mass is 32.2. The van der Waals surface area contributed by atoms with Crippen molar-refractivity contribution < 1.29 is 72.1 Å². The number of hydrogen-bond acceptors (Lipinski definition) is 20. The molecule has 0 spiro atoms. The van der Waals surface area contributed by atoms with Gasteiger partial charge < -0.3 is 24.1 Å². The molecule has 4 aromatic heterocycles. The number of carboxylic acids is 1. The Balaban J connectivity index is 0.000000277. The lowest BCUT2D eigenvalue weighted by atomic mass is 10.1. The first-order valence-electron chi connectivity index (χ1n) is 17.1. The SMILES string of the molecule is CCS(=O)(=O)c1nc2ccccn2c1S(=O)(=O)NC(=O)Nc1nc(OC)cc(OC)n1.COc1cc(OC)nc(NC(=O)NS(=O)(=O)c2cc(CNS(C)(=O)=O)ccc2C(=O)O)n1. The Labute approximate surface area is 358 Å². The molecule has 4 amide bonds. The van der Waals surface area contributed by atoms with Crippen molar-refractivity contribution in [1.82, 2.24) is 43.5 Å². The maximum Gasteiger partial charge on any atom is 0.337 e. The van der Waals surface area contributed by atoms with Gasteiger partial charge in [0.05, 0.1) is 58.1 Å². The minimum absolute atomic E-state index is 0.0225. The molecule has 1 aromatic carbocycles. The molecule has 5 rings (SSSR count). The molecule has 4 heterocycles. The number of carbonyl (C=O) groups excluding carboxylic acids is 2. The molecule has 0 aliphatic heterocycles. The third-order valence-corrected chi connectivity index (χ3v) is 12.7. The Morgan fingerprint density at radius 2 is 1.17 bits per heavy atom. The van der Waals surface area contributed by atoms with Gasteiger partial charge in [-0.25, -0.2) is 58.8 Å². The van der Waals surface area contributed by atoms with Gasteiger partial charge in [0, 0.05) is 12.7 Å². The maximum absolute atomic E-state index is 13.0. The number of aromatic carboxylic acids is 1. The lowest BCUT2D eigenvalue weighted by molar-refractivity contribution is 0.0692. The quantitative estimate of drug-likeness (QED) is 0.0769. The number of rotatable bonds is 16. The molecule has 0 bridgehead atoms. The Morgan fingerprint density at radius 3 is 1.62 bits per heavy atom. The Morgan fingerprint density at radius 1 is 0.683 bits per heavy atom. The van der Waals surface area contributed by atoms with E-state index in [1.165, 1.54) is 71.9 Å². The highest BCUT2D eigenvalue weighted by Crippen LogP contribution is 2.25. The second-order valence-corrected chi connectivity index (χ2v) is 19.2. The number of ether oxygens (including phenoxy) is 4. The summed E-state index contributed by atoms with van der Waals surface area (Å²) in [5, 5.41) is 12.2. The van der Waals surface area contributed by atoms with Crippen molar-refractivity contribution in [3.05, 3.63) is 65.9 Å². The number of fused-ring (bicyclic) bond motifs is 1. The average Bonchev–Trinajstić information content (AvgIpc) is 3.64. The summed E-state index contributed by atoms with van der Waals surface area (Å²) < 4.78 is 125. The Kier molecular flexibility index (Phi) is 15.3. The third kappa shape index (κ3) is 12.8. The molecule has 27 nitrogen and oxygen atoms in total. The number of methoxy groups -OCH3 is 4. The van der Waals surface area contributed by atoms with Crippen LogP contribution in [0.3, 0.4) is 0 Å². The van der Waals surface area contributed by atoms with E-state index in [4.69, 9.17) is 18.9 Å². The fourth-order valence-corrected chi connectivity index (χ4v) is 9.01. The van der Waals surface area contributed by atoms with Crippen LogP contribution in [0.2, 0.25) is 0 Å². The Hall–Kier alpha value is -6.96. The smallest absolute Gasteiger partial charge is 0.337 e. The molecule has 0 atom stereocenters. The number of sulfone groups is 1. The number of carbonyl (C=O) groups is 3. The molecule has 6 N–H and O–H groups in total. The molecule has 63 heavy (non-hydrogen) atoms. The summed E-state index contributed by atoms with van der Waals surface area (Å²) in [6.07, 6.45) is 2.22. The normalized spacial score (nSPS) is 11.7. The van der Waals surface area contributed by atoms with E-state index in [9.17, 15) is 53.2 Å². The number of hydrogen-bond donors (Lipinski definition) is 6. The van der Waals surface area contributed by atoms with Crippen LogP contribution < -0.4 is 43.7 Å². The predicted molar refractivity (Wildman–Crippen MR) is 217 cm³/mol. The molecule has 0 aliphatic rings. The molecule has 0 radical (unpaired) electrons. The standard InChI is InChI=1S/C16H18N6O7S2.C16H19N5O9S2/c1-4-30(24,25)13-14(22-8-6-5-7-10(22)17-13)31(26,27)21-16(23)20-15-18-11(28-2)9-12(19-15)29-3;1-29-12-7-13(30-2)19-15(18-12)20-16(24)21-32(27,28)11-6-9(8-17-31(3,25)26)4-5-10(11)14(22)23/h5-9H,4H2,1-3H3,(H2,18,19,20,21,23);4-7,17H,8H2,1-3H3,(H,22,23)(H2,18,19,20,21,24). The van der Waals surface area contributed by atoms with Crippen LogP contribution >= 0.6 is 0 Å². The fraction of sp³-hybridized carbons (Fsp3) is 0.250. The van der Waals surface area contributed by atoms with Crippen molar-refractivity contribution >= 4 is 75.5 Å². The molecule has 0 aliphatic carbocycles. The fourth-order valence-electron chi connectivity index (χ4n) is 4.77. The van der Waals surface area contributed by atoms with E-state index in [1.54, 1.807) is 15.5 Å². The van der Waals surface area contributed by atoms with E-state index in [2.05, 4.69) is 40.3 Å². The molecule has 0 fully saturated rings. The highest BCUT2D eigenvalue weighted by Gasteiger charge is 2.33. The van der Waals surface area contributed by atoms with Crippen molar-refractivity contribution in [3.63, 3.8) is 0 Å². The summed E-state index contributed by atoms with van der Waals surface area (Å²) in [6, 6.07) is 7.77. The average molecular weight is 960 g/mol. The van der Waals surface area contributed by atoms with Gasteiger partial charge >= 0.3 is 18.0 Å². The molecule has 31 heteroatoms. The van der Waals surface area contributed by atoms with Crippen molar-refractivity contribution in [3.8, 4) is 23.5 Å². The summed E-state index contributed by atoms with van der Waals surface area (Å²) in [4.78, 5) is 54.5. The third-order valence-electron chi connectivity index (χ3n) is 7.59. The monoisotopic (exact) mass is 959 g/mol. The van der Waals surface area contributed by atoms with Gasteiger partial charge in [0.2, 0.25) is 45.4 Å². The summed E-state index contributed by atoms with van der Waals surface area (Å²) in [5.74, 6) is -2.45. The van der Waals surface area contributed by atoms with Gasteiger partial charge in [-0.2, -0.15) is 28.4 Å². The number of amides is 4. The van der Waals surface area contributed by atoms with Crippen LogP contribution in [0.5, 0.6) is 23.5 Å². The predicted octanol–water partition coefficient (Wildman–Crippen LogP) is 0.197. The van der Waals surface area contributed by atoms with Gasteiger partial charge in [-0.3, -0.25) is 15.0 Å². The van der Waals surface area contributed by atoms with Gasteiger partial charge in [0.15, 0.2) is 19.9 Å². The van der Waals surface area contributed by atoms with Crippen molar-refractivity contribution in [2.24, 2.45) is 0 Å². The van der Waals surface area contributed by atoms with E-state index in [-0.39, 0.29) is 58.9 Å². The number of carboxylic acid groups (broad SMARTS) is 1. The van der Waals surface area contributed by atoms with Gasteiger partial charge in [0.1, 0.15) is 10.5 Å². The first-order chi connectivity index (χ1) is 29.4. The molecule has 340 valence electrons. The number of sulfonamides is 3. The second-order valence-electron chi connectivity index (χ2n) is 12.0. The highest BCUT2D eigenvalue weighted by molar-refractivity contribution is 7.93. The number of pyridine rings is 1. The number of nitrogens with one attached hydrogen (secondary N) is 5. The number of imidazole rings is 1. The van der Waals surface area contributed by atoms with Gasteiger partial charge in [0.25, 0.3) is 20.0 Å². The van der Waals surface area contributed by atoms with Crippen LogP contribution in [0.25, 0.3) is 5.65 Å². The van der Waals surface area contributed by atoms with E-state index in [0.717, 1.165) is 22.8 Å². The summed E-state index contributed by atoms with van der Waals surface area (Å²) >= 11 is 0. The summed E-state index contributed by atoms with van der Waals surface area (Å²) in [5.41, 5.74) is -0.411. The number of anilines is 2. The van der Waals surface area contributed by atoms with Crippen LogP contribution in [0.1, 0.15) is 22.8 Å². The number of urea groups is 2. The van der Waals surface area contributed by atoms with Crippen LogP contribution in [0.15, 0.2) is 69.7 Å². The summed E-state index contributed by atoms with van der Waals surface area (Å²) in [6.45, 7) is 1.05. The molecular formula is C32H37N11O16S4. The second kappa shape index (κ2) is 19.8. The van der Waals surface area contributed by atoms with Crippen LogP contribution in [0, 0.1) is 0 Å². The van der Waals surface area contributed by atoms with Gasteiger partial charge in [-0.05, 0) is 29.8 Å². The van der Waals surface area contributed by atoms with E-state index in [1.807, 2.05) is 0 Å². The lowest BCUT2D eigenvalue weighted by Crippen LogP contribution is -2.36. The van der Waals surface area contributed by atoms with Crippen LogP contribution in [0.4, 0.5) is 21.5 Å². The number of benzene rings is 1. The number of nitrogens with zero attached hydrogens (tertiary/aromatic N) is 6. The van der Waals surface area contributed by atoms with Crippen LogP contribution in [-0.2, 0) is 46.5 Å². The summed E-state index contributed by atoms with van der Waals surface area (Å²) in [7, 11) is -11.7. The van der Waals surface area contributed by atoms with Gasteiger partial charge in [-0.1, -0.05) is 19.1 Å². The largest absolute Gasteiger partial charge is 0.481 e. The van der Waals surface area contributed by atoms with E-state index < -0.39 is 78.4 Å². The zero-order chi connectivity index (χ0) is 46.9. The Bertz CT molecular complexity index is 2960. The molecular weight excluding hydrogens is 923 g/mol. The minimum atomic E-state index is -4.70. The van der Waals surface area contributed by atoms with E-state index in [0.29, 0.717) is 0 Å². The van der Waals surface area contributed by atoms with Gasteiger partial charge in [-0.15, -0.1) is 0 Å². The first-order valence-corrected chi connectivity index (χ1v) is 23.6. The zero-order valence-electron chi connectivity index (χ0n) is 33.5. The molecule has 0 saturated carbocycles. The molecule has 5 aromatic rings. The minimum Gasteiger partial charge on any atom is -0.481 e. The zero-order valence-corrected chi connectivity index (χ0v) is 36.8. The van der Waals surface area contributed by atoms with Crippen molar-refractivity contribution in [2.75, 3.05) is 51.1 Å². The lowest BCUT2D eigenvalue weighted by Gasteiger charge is -2.12. The topological polar surface area (TPSA) is 374 Å². The molecule has 0 unspecified atom stereocenters.